The maximum Gasteiger partial charge on any atom is 0.260 e. The summed E-state index contributed by atoms with van der Waals surface area (Å²) >= 11 is 0. The zero-order valence-corrected chi connectivity index (χ0v) is 18.4. The lowest BCUT2D eigenvalue weighted by molar-refractivity contribution is -0.141. The first-order valence-corrected chi connectivity index (χ1v) is 10.6. The van der Waals surface area contributed by atoms with Gasteiger partial charge in [0, 0.05) is 26.2 Å². The lowest BCUT2D eigenvalue weighted by Gasteiger charge is -2.34. The number of rotatable bonds is 8. The largest absolute Gasteiger partial charge is 0.494 e. The molecule has 31 heavy (non-hydrogen) atoms. The lowest BCUT2D eigenvalue weighted by atomic mass is 10.1. The van der Waals surface area contributed by atoms with E-state index >= 15 is 0 Å². The van der Waals surface area contributed by atoms with Crippen LogP contribution in [0.4, 0.5) is 0 Å². The highest BCUT2D eigenvalue weighted by atomic mass is 16.5. The summed E-state index contributed by atoms with van der Waals surface area (Å²) in [5.74, 6) is 1.95. The molecule has 0 atom stereocenters. The van der Waals surface area contributed by atoms with Gasteiger partial charge in [0.15, 0.2) is 13.2 Å². The zero-order chi connectivity index (χ0) is 22.2. The Morgan fingerprint density at radius 3 is 1.81 bits per heavy atom. The molecule has 0 saturated carbocycles. The van der Waals surface area contributed by atoms with Crippen LogP contribution < -0.4 is 14.2 Å². The number of carbonyl (C=O) groups is 2. The van der Waals surface area contributed by atoms with E-state index in [0.717, 1.165) is 22.6 Å². The van der Waals surface area contributed by atoms with Crippen LogP contribution in [0.25, 0.3) is 0 Å². The second kappa shape index (κ2) is 10.7. The summed E-state index contributed by atoms with van der Waals surface area (Å²) in [7, 11) is 0. The summed E-state index contributed by atoms with van der Waals surface area (Å²) in [6.07, 6.45) is 0. The van der Waals surface area contributed by atoms with E-state index in [2.05, 4.69) is 0 Å². The van der Waals surface area contributed by atoms with Crippen molar-refractivity contribution in [1.29, 1.82) is 0 Å². The zero-order valence-electron chi connectivity index (χ0n) is 18.4. The van der Waals surface area contributed by atoms with Gasteiger partial charge in [-0.25, -0.2) is 0 Å². The first kappa shape index (κ1) is 22.5. The number of benzene rings is 2. The minimum atomic E-state index is -0.0903. The van der Waals surface area contributed by atoms with E-state index in [1.807, 2.05) is 51.1 Å². The summed E-state index contributed by atoms with van der Waals surface area (Å²) in [5, 5.41) is 0. The van der Waals surface area contributed by atoms with Gasteiger partial charge in [0.1, 0.15) is 17.2 Å². The van der Waals surface area contributed by atoms with E-state index in [-0.39, 0.29) is 25.0 Å². The van der Waals surface area contributed by atoms with Crippen LogP contribution in [-0.2, 0) is 9.59 Å². The van der Waals surface area contributed by atoms with Gasteiger partial charge in [-0.1, -0.05) is 17.7 Å². The Bertz CT molecular complexity index is 889. The van der Waals surface area contributed by atoms with Crippen LogP contribution in [0.3, 0.4) is 0 Å². The van der Waals surface area contributed by atoms with E-state index in [4.69, 9.17) is 14.2 Å². The van der Waals surface area contributed by atoms with Crippen molar-refractivity contribution in [2.45, 2.75) is 20.8 Å². The average molecular weight is 427 g/mol. The van der Waals surface area contributed by atoms with E-state index in [0.29, 0.717) is 38.5 Å². The fourth-order valence-electron chi connectivity index (χ4n) is 3.43. The van der Waals surface area contributed by atoms with Gasteiger partial charge in [-0.05, 0) is 56.7 Å². The fourth-order valence-corrected chi connectivity index (χ4v) is 3.43. The number of ether oxygens (including phenoxy) is 3. The molecule has 1 saturated heterocycles. The summed E-state index contributed by atoms with van der Waals surface area (Å²) in [5.41, 5.74) is 2.17. The van der Waals surface area contributed by atoms with Crippen molar-refractivity contribution < 1.29 is 23.8 Å². The summed E-state index contributed by atoms with van der Waals surface area (Å²) in [6.45, 7) is 8.43. The molecule has 0 bridgehead atoms. The molecule has 2 aromatic carbocycles. The van der Waals surface area contributed by atoms with E-state index in [9.17, 15) is 9.59 Å². The van der Waals surface area contributed by atoms with Crippen molar-refractivity contribution in [1.82, 2.24) is 9.80 Å². The maximum absolute atomic E-state index is 12.5. The molecule has 2 amide bonds. The van der Waals surface area contributed by atoms with Gasteiger partial charge in [-0.3, -0.25) is 9.59 Å². The third kappa shape index (κ3) is 6.38. The topological polar surface area (TPSA) is 68.3 Å². The molecule has 7 heteroatoms. The van der Waals surface area contributed by atoms with Crippen molar-refractivity contribution >= 4 is 11.8 Å². The predicted molar refractivity (Wildman–Crippen MR) is 118 cm³/mol. The van der Waals surface area contributed by atoms with Crippen LogP contribution in [-0.4, -0.2) is 67.6 Å². The highest BCUT2D eigenvalue weighted by molar-refractivity contribution is 5.80. The average Bonchev–Trinajstić information content (AvgIpc) is 2.78. The number of hydrogen-bond donors (Lipinski definition) is 0. The second-order valence-corrected chi connectivity index (χ2v) is 7.51. The summed E-state index contributed by atoms with van der Waals surface area (Å²) in [6, 6.07) is 13.1. The highest BCUT2D eigenvalue weighted by Crippen LogP contribution is 2.19. The molecule has 0 aromatic heterocycles. The van der Waals surface area contributed by atoms with E-state index in [1.165, 1.54) is 0 Å². The molecule has 2 aromatic rings. The van der Waals surface area contributed by atoms with E-state index < -0.39 is 0 Å². The Balaban J connectivity index is 1.40. The number of aryl methyl sites for hydroxylation is 2. The molecule has 1 heterocycles. The SMILES string of the molecule is CCOc1ccc(OCC(=O)N2CCN(C(=O)COc3ccc(C)cc3C)CC2)cc1. The minimum absolute atomic E-state index is 0.00129. The maximum atomic E-state index is 12.5. The molecule has 166 valence electrons. The molecule has 1 fully saturated rings. The number of hydrogen-bond acceptors (Lipinski definition) is 5. The Labute approximate surface area is 183 Å². The Morgan fingerprint density at radius 1 is 0.774 bits per heavy atom. The van der Waals surface area contributed by atoms with Gasteiger partial charge in [0.25, 0.3) is 11.8 Å². The first-order chi connectivity index (χ1) is 15.0. The standard InChI is InChI=1S/C24H30N2O5/c1-4-29-20-6-8-21(9-7-20)30-16-23(27)25-11-13-26(14-12-25)24(28)17-31-22-10-5-18(2)15-19(22)3/h5-10,15H,4,11-14,16-17H2,1-3H3. The van der Waals surface area contributed by atoms with E-state index in [1.54, 1.807) is 21.9 Å². The third-order valence-electron chi connectivity index (χ3n) is 5.16. The third-order valence-corrected chi connectivity index (χ3v) is 5.16. The molecule has 0 unspecified atom stereocenters. The molecule has 0 N–H and O–H groups in total. The lowest BCUT2D eigenvalue weighted by Crippen LogP contribution is -2.52. The molecule has 0 aliphatic carbocycles. The van der Waals surface area contributed by atoms with Crippen LogP contribution in [0, 0.1) is 13.8 Å². The number of amides is 2. The van der Waals surface area contributed by atoms with Crippen LogP contribution in [0.5, 0.6) is 17.2 Å². The van der Waals surface area contributed by atoms with Crippen molar-refractivity contribution in [3.63, 3.8) is 0 Å². The summed E-state index contributed by atoms with van der Waals surface area (Å²) < 4.78 is 16.7. The Hall–Kier alpha value is -3.22. The minimum Gasteiger partial charge on any atom is -0.494 e. The molecule has 0 spiro atoms. The monoisotopic (exact) mass is 426 g/mol. The fraction of sp³-hybridized carbons (Fsp3) is 0.417. The quantitative estimate of drug-likeness (QED) is 0.649. The Morgan fingerprint density at radius 2 is 1.29 bits per heavy atom. The van der Waals surface area contributed by atoms with Crippen molar-refractivity contribution in [3.05, 3.63) is 53.6 Å². The molecular weight excluding hydrogens is 396 g/mol. The van der Waals surface area contributed by atoms with Crippen molar-refractivity contribution in [2.24, 2.45) is 0 Å². The first-order valence-electron chi connectivity index (χ1n) is 10.6. The molecule has 3 rings (SSSR count). The van der Waals surface area contributed by atoms with Crippen LogP contribution in [0.1, 0.15) is 18.1 Å². The van der Waals surface area contributed by atoms with Crippen molar-refractivity contribution in [2.75, 3.05) is 46.0 Å². The number of nitrogens with zero attached hydrogens (tertiary/aromatic N) is 2. The smallest absolute Gasteiger partial charge is 0.260 e. The van der Waals surface area contributed by atoms with Gasteiger partial charge in [0.05, 0.1) is 6.61 Å². The van der Waals surface area contributed by atoms with Gasteiger partial charge >= 0.3 is 0 Å². The highest BCUT2D eigenvalue weighted by Gasteiger charge is 2.24. The molecule has 7 nitrogen and oxygen atoms in total. The van der Waals surface area contributed by atoms with Gasteiger partial charge in [-0.15, -0.1) is 0 Å². The van der Waals surface area contributed by atoms with Crippen molar-refractivity contribution in [3.8, 4) is 17.2 Å². The number of carbonyl (C=O) groups excluding carboxylic acids is 2. The van der Waals surface area contributed by atoms with Gasteiger partial charge in [0.2, 0.25) is 0 Å². The van der Waals surface area contributed by atoms with Gasteiger partial charge < -0.3 is 24.0 Å². The number of piperazine rings is 1. The molecule has 1 aliphatic rings. The van der Waals surface area contributed by atoms with Gasteiger partial charge in [-0.2, -0.15) is 0 Å². The Kier molecular flexibility index (Phi) is 7.76. The van der Waals surface area contributed by atoms with Crippen LogP contribution in [0.15, 0.2) is 42.5 Å². The summed E-state index contributed by atoms with van der Waals surface area (Å²) in [4.78, 5) is 28.4. The molecule has 0 radical (unpaired) electrons. The van der Waals surface area contributed by atoms with Crippen LogP contribution in [0.2, 0.25) is 0 Å². The van der Waals surface area contributed by atoms with Crippen LogP contribution >= 0.6 is 0 Å². The molecular formula is C24H30N2O5. The second-order valence-electron chi connectivity index (χ2n) is 7.51. The molecule has 1 aliphatic heterocycles. The normalized spacial score (nSPS) is 13.6. The predicted octanol–water partition coefficient (Wildman–Crippen LogP) is 2.83.